The van der Waals surface area contributed by atoms with Crippen LogP contribution in [-0.4, -0.2) is 100 Å². The largest absolute Gasteiger partial charge is 0.506 e. The Balaban J connectivity index is 1.49. The van der Waals surface area contributed by atoms with Gasteiger partial charge in [-0.1, -0.05) is 18.2 Å². The molecule has 1 saturated heterocycles. The number of nitrogens with one attached hydrogen (secondary N) is 1. The van der Waals surface area contributed by atoms with Crippen LogP contribution in [0.5, 0.6) is 17.2 Å². The topological polar surface area (TPSA) is 178 Å². The average Bonchev–Trinajstić information content (AvgIpc) is 3.28. The number of hydrogen-bond donors (Lipinski definition) is 6. The van der Waals surface area contributed by atoms with E-state index in [2.05, 4.69) is 5.32 Å². The third kappa shape index (κ3) is 5.17. The second kappa shape index (κ2) is 11.8. The van der Waals surface area contributed by atoms with E-state index in [1.807, 2.05) is 13.1 Å². The van der Waals surface area contributed by atoms with Gasteiger partial charge in [0.1, 0.15) is 41.7 Å². The number of amides is 1. The predicted octanol–water partition coefficient (Wildman–Crippen LogP) is 0.599. The second-order valence-electron chi connectivity index (χ2n) is 10.5. The Morgan fingerprint density at radius 1 is 1.14 bits per heavy atom. The zero-order valence-corrected chi connectivity index (χ0v) is 23.4. The minimum Gasteiger partial charge on any atom is -0.506 e. The number of benzene rings is 3. The predicted molar refractivity (Wildman–Crippen MR) is 150 cm³/mol. The molecule has 0 radical (unpaired) electrons. The van der Waals surface area contributed by atoms with Gasteiger partial charge in [-0.2, -0.15) is 0 Å². The number of Topliss-reactive ketones (excluding diaryl/α,β-unsaturated/α-hetero) is 1. The maximum absolute atomic E-state index is 13.6. The molecule has 2 aliphatic heterocycles. The molecule has 2 heterocycles. The molecular weight excluding hydrogens is 548 g/mol. The third-order valence-electron chi connectivity index (χ3n) is 7.79. The quantitative estimate of drug-likeness (QED) is 0.195. The van der Waals surface area contributed by atoms with Gasteiger partial charge in [0.25, 0.3) is 5.91 Å². The van der Waals surface area contributed by atoms with Crippen LogP contribution in [0.2, 0.25) is 0 Å². The maximum Gasteiger partial charge on any atom is 0.254 e. The molecular formula is C30H34N2O10. The van der Waals surface area contributed by atoms with E-state index in [9.17, 15) is 35.1 Å². The lowest BCUT2D eigenvalue weighted by Crippen LogP contribution is -2.60. The van der Waals surface area contributed by atoms with Gasteiger partial charge >= 0.3 is 0 Å². The fourth-order valence-electron chi connectivity index (χ4n) is 5.64. The van der Waals surface area contributed by atoms with E-state index in [0.717, 1.165) is 11.1 Å². The number of fused-ring (bicyclic) bond motifs is 2. The normalized spacial score (nSPS) is 23.7. The number of phenolic OH excluding ortho intramolecular Hbond substituents is 1. The number of hydrogen-bond acceptors (Lipinski definition) is 11. The Labute approximate surface area is 241 Å². The van der Waals surface area contributed by atoms with Crippen molar-refractivity contribution in [2.75, 3.05) is 27.3 Å². The molecule has 2 aliphatic rings. The lowest BCUT2D eigenvalue weighted by Gasteiger charge is -2.39. The van der Waals surface area contributed by atoms with Crippen LogP contribution < -0.4 is 14.8 Å². The molecule has 1 fully saturated rings. The molecule has 42 heavy (non-hydrogen) atoms. The van der Waals surface area contributed by atoms with E-state index < -0.39 is 48.8 Å². The summed E-state index contributed by atoms with van der Waals surface area (Å²) < 4.78 is 16.7. The molecule has 0 aromatic heterocycles. The first kappa shape index (κ1) is 29.7. The molecule has 0 bridgehead atoms. The summed E-state index contributed by atoms with van der Waals surface area (Å²) >= 11 is 0. The van der Waals surface area contributed by atoms with E-state index in [1.165, 1.54) is 18.1 Å². The van der Waals surface area contributed by atoms with Gasteiger partial charge < -0.3 is 50.0 Å². The van der Waals surface area contributed by atoms with Crippen molar-refractivity contribution in [1.29, 1.82) is 0 Å². The number of phenols is 1. The molecule has 3 aromatic rings. The minimum atomic E-state index is -1.70. The van der Waals surface area contributed by atoms with Crippen molar-refractivity contribution >= 4 is 22.5 Å². The molecule has 5 atom stereocenters. The van der Waals surface area contributed by atoms with Gasteiger partial charge in [-0.3, -0.25) is 9.59 Å². The van der Waals surface area contributed by atoms with Crippen molar-refractivity contribution < 1.29 is 49.3 Å². The van der Waals surface area contributed by atoms with Crippen LogP contribution in [0.4, 0.5) is 0 Å². The number of carbonyl (C=O) groups is 2. The smallest absolute Gasteiger partial charge is 0.254 e. The van der Waals surface area contributed by atoms with Gasteiger partial charge in [-0.05, 0) is 48.2 Å². The summed E-state index contributed by atoms with van der Waals surface area (Å²) in [6, 6.07) is 10.2. The van der Waals surface area contributed by atoms with Crippen LogP contribution in [0.25, 0.3) is 10.8 Å². The zero-order valence-electron chi connectivity index (χ0n) is 23.4. The monoisotopic (exact) mass is 582 g/mol. The number of nitrogens with zero attached hydrogens (tertiary/aromatic N) is 1. The average molecular weight is 583 g/mol. The van der Waals surface area contributed by atoms with Gasteiger partial charge in [0.15, 0.2) is 5.78 Å². The van der Waals surface area contributed by atoms with Crippen molar-refractivity contribution in [1.82, 2.24) is 10.2 Å². The number of rotatable bonds is 9. The Hall–Kier alpha value is -3.78. The number of ketones is 1. The van der Waals surface area contributed by atoms with E-state index >= 15 is 0 Å². The van der Waals surface area contributed by atoms with Crippen LogP contribution in [0.3, 0.4) is 0 Å². The Morgan fingerprint density at radius 3 is 2.60 bits per heavy atom. The Bertz CT molecular complexity index is 1520. The van der Waals surface area contributed by atoms with Gasteiger partial charge in [0, 0.05) is 24.7 Å². The van der Waals surface area contributed by atoms with Crippen molar-refractivity contribution in [2.45, 2.75) is 50.7 Å². The summed E-state index contributed by atoms with van der Waals surface area (Å²) in [7, 11) is 3.24. The maximum atomic E-state index is 13.6. The van der Waals surface area contributed by atoms with Gasteiger partial charge in [0.05, 0.1) is 31.2 Å². The summed E-state index contributed by atoms with van der Waals surface area (Å²) in [6.45, 7) is 1.57. The van der Waals surface area contributed by atoms with Crippen LogP contribution in [0.1, 0.15) is 37.4 Å². The van der Waals surface area contributed by atoms with Crippen LogP contribution >= 0.6 is 0 Å². The highest BCUT2D eigenvalue weighted by atomic mass is 16.7. The molecule has 6 N–H and O–H groups in total. The lowest BCUT2D eigenvalue weighted by molar-refractivity contribution is -0.277. The minimum absolute atomic E-state index is 0.00877. The van der Waals surface area contributed by atoms with E-state index in [4.69, 9.17) is 14.2 Å². The molecule has 0 saturated carbocycles. The lowest BCUT2D eigenvalue weighted by atomic mass is 9.96. The van der Waals surface area contributed by atoms with Gasteiger partial charge in [0.2, 0.25) is 6.29 Å². The number of aliphatic hydroxyl groups is 4. The second-order valence-corrected chi connectivity index (χ2v) is 10.5. The fourth-order valence-corrected chi connectivity index (χ4v) is 5.64. The van der Waals surface area contributed by atoms with Crippen LogP contribution in [0.15, 0.2) is 36.4 Å². The van der Waals surface area contributed by atoms with E-state index in [0.29, 0.717) is 28.8 Å². The Kier molecular flexibility index (Phi) is 8.37. The number of aliphatic hydroxyl groups excluding tert-OH is 4. The highest BCUT2D eigenvalue weighted by Gasteiger charge is 2.45. The summed E-state index contributed by atoms with van der Waals surface area (Å²) in [5.41, 5.74) is 2.80. The number of carbonyl (C=O) groups excluding carboxylic acids is 2. The first-order chi connectivity index (χ1) is 20.1. The number of aryl methyl sites for hydroxylation is 1. The highest BCUT2D eigenvalue weighted by Crippen LogP contribution is 2.42. The van der Waals surface area contributed by atoms with Crippen LogP contribution in [0, 0.1) is 6.92 Å². The van der Waals surface area contributed by atoms with Crippen molar-refractivity contribution in [3.8, 4) is 17.2 Å². The van der Waals surface area contributed by atoms with Crippen molar-refractivity contribution in [3.05, 3.63) is 64.2 Å². The first-order valence-corrected chi connectivity index (χ1v) is 13.5. The molecule has 12 nitrogen and oxygen atoms in total. The van der Waals surface area contributed by atoms with Crippen LogP contribution in [-0.2, 0) is 17.8 Å². The first-order valence-electron chi connectivity index (χ1n) is 13.5. The Morgan fingerprint density at radius 2 is 1.90 bits per heavy atom. The molecule has 12 heteroatoms. The number of methoxy groups -OCH3 is 1. The molecule has 224 valence electrons. The molecule has 1 amide bonds. The molecule has 0 unspecified atom stereocenters. The summed E-state index contributed by atoms with van der Waals surface area (Å²) in [5.74, 6) is -0.875. The molecule has 3 aromatic carbocycles. The molecule has 0 aliphatic carbocycles. The summed E-state index contributed by atoms with van der Waals surface area (Å²) in [5, 5.41) is 55.5. The third-order valence-corrected chi connectivity index (χ3v) is 7.79. The molecule has 0 spiro atoms. The number of ether oxygens (including phenoxy) is 3. The SMILES string of the molecule is CNCc1cccc2c1CN(CC(=O)c1c(C)cc3cc(OC)cc(O[C@H]4O[C@H](CO)[C@@H](O)[C@H](O)[C@H]4O)c3c1O)C2=O. The van der Waals surface area contributed by atoms with Gasteiger partial charge in [-0.15, -0.1) is 0 Å². The van der Waals surface area contributed by atoms with Gasteiger partial charge in [-0.25, -0.2) is 0 Å². The van der Waals surface area contributed by atoms with Crippen molar-refractivity contribution in [2.24, 2.45) is 0 Å². The zero-order chi connectivity index (χ0) is 30.3. The number of aromatic hydroxyl groups is 1. The summed E-state index contributed by atoms with van der Waals surface area (Å²) in [6.07, 6.45) is -7.71. The van der Waals surface area contributed by atoms with Crippen molar-refractivity contribution in [3.63, 3.8) is 0 Å². The molecule has 5 rings (SSSR count). The summed E-state index contributed by atoms with van der Waals surface area (Å²) in [4.78, 5) is 28.2. The highest BCUT2D eigenvalue weighted by molar-refractivity contribution is 6.10. The van der Waals surface area contributed by atoms with E-state index in [-0.39, 0.29) is 35.7 Å². The van der Waals surface area contributed by atoms with E-state index in [1.54, 1.807) is 31.2 Å². The fraction of sp³-hybridized carbons (Fsp3) is 0.400. The standard InChI is InChI=1S/C30H34N2O10/c1-14-7-16-8-17(40-3)9-21(41-30-28(38)27(37)25(35)22(13-33)42-30)24(16)26(36)23(14)20(34)12-32-11-19-15(10-31-2)5-4-6-18(19)29(32)39/h4-9,22,25,27-28,30-31,33,35-38H,10-13H2,1-3H3/t22-,25-,27+,28-,30+/m1/s1.